The first-order chi connectivity index (χ1) is 7.14. The molecule has 1 amide bonds. The molecule has 2 atom stereocenters. The lowest BCUT2D eigenvalue weighted by molar-refractivity contribution is -0.136. The van der Waals surface area contributed by atoms with E-state index in [1.54, 1.807) is 0 Å². The molecule has 0 unspecified atom stereocenters. The molecule has 1 aromatic carbocycles. The van der Waals surface area contributed by atoms with Gasteiger partial charge < -0.3 is 4.90 Å². The standard InChI is InChI=1S/C13H13NO/c1-13-8-7-10(12(15)14(13)2)9-5-3-4-6-11(9)13/h3-8,10H,1-2H3/t10-,13+/m1/s1. The van der Waals surface area contributed by atoms with Crippen molar-refractivity contribution in [3.05, 3.63) is 47.5 Å². The molecule has 4 rings (SSSR count). The number of benzene rings is 1. The summed E-state index contributed by atoms with van der Waals surface area (Å²) < 4.78 is 0. The van der Waals surface area contributed by atoms with Crippen molar-refractivity contribution in [3.8, 4) is 0 Å². The SMILES string of the molecule is CN1C(=O)[C@@H]2C=C[C@@]1(C)c1ccccc12. The van der Waals surface area contributed by atoms with Gasteiger partial charge in [-0.1, -0.05) is 36.4 Å². The molecular formula is C13H13NO. The summed E-state index contributed by atoms with van der Waals surface area (Å²) in [6.45, 7) is 2.09. The second-order valence-electron chi connectivity index (χ2n) is 4.47. The lowest BCUT2D eigenvalue weighted by atomic mass is 9.72. The Balaban J connectivity index is 2.34. The minimum Gasteiger partial charge on any atom is -0.332 e. The Bertz CT molecular complexity index is 477. The Kier molecular flexibility index (Phi) is 1.46. The predicted octanol–water partition coefficient (Wildman–Crippen LogP) is 2.03. The highest BCUT2D eigenvalue weighted by atomic mass is 16.2. The molecule has 0 spiro atoms. The smallest absolute Gasteiger partial charge is 0.234 e. The predicted molar refractivity (Wildman–Crippen MR) is 58.4 cm³/mol. The van der Waals surface area contributed by atoms with Crippen molar-refractivity contribution >= 4 is 5.91 Å². The van der Waals surface area contributed by atoms with Crippen molar-refractivity contribution in [3.63, 3.8) is 0 Å². The maximum absolute atomic E-state index is 12.0. The lowest BCUT2D eigenvalue weighted by Crippen LogP contribution is -2.52. The van der Waals surface area contributed by atoms with E-state index in [-0.39, 0.29) is 17.4 Å². The third kappa shape index (κ3) is 0.870. The molecule has 0 radical (unpaired) electrons. The normalized spacial score (nSPS) is 32.0. The Hall–Kier alpha value is -1.57. The molecule has 0 N–H and O–H groups in total. The minimum absolute atomic E-state index is 0.0620. The summed E-state index contributed by atoms with van der Waals surface area (Å²) in [5, 5.41) is 0. The van der Waals surface area contributed by atoms with Gasteiger partial charge in [-0.25, -0.2) is 0 Å². The summed E-state index contributed by atoms with van der Waals surface area (Å²) in [6.07, 6.45) is 4.17. The number of carbonyl (C=O) groups is 1. The van der Waals surface area contributed by atoms with Crippen LogP contribution in [0.3, 0.4) is 0 Å². The van der Waals surface area contributed by atoms with E-state index in [1.165, 1.54) is 11.1 Å². The van der Waals surface area contributed by atoms with Crippen LogP contribution in [0.5, 0.6) is 0 Å². The number of amides is 1. The number of rotatable bonds is 0. The second kappa shape index (κ2) is 2.51. The van der Waals surface area contributed by atoms with Crippen molar-refractivity contribution in [1.29, 1.82) is 0 Å². The molecule has 0 fully saturated rings. The maximum Gasteiger partial charge on any atom is 0.234 e. The number of fused-ring (bicyclic) bond motifs is 1. The zero-order valence-corrected chi connectivity index (χ0v) is 8.90. The van der Waals surface area contributed by atoms with Gasteiger partial charge in [0.15, 0.2) is 0 Å². The van der Waals surface area contributed by atoms with Crippen molar-refractivity contribution < 1.29 is 4.79 Å². The maximum atomic E-state index is 12.0. The largest absolute Gasteiger partial charge is 0.332 e. The van der Waals surface area contributed by atoms with Crippen molar-refractivity contribution in [2.24, 2.45) is 0 Å². The van der Waals surface area contributed by atoms with Crippen molar-refractivity contribution in [2.45, 2.75) is 18.4 Å². The molecule has 2 heterocycles. The molecule has 15 heavy (non-hydrogen) atoms. The van der Waals surface area contributed by atoms with Crippen LogP contribution >= 0.6 is 0 Å². The average Bonchev–Trinajstić information content (AvgIpc) is 2.26. The molecule has 1 aromatic rings. The average molecular weight is 199 g/mol. The van der Waals surface area contributed by atoms with Crippen LogP contribution in [0, 0.1) is 0 Å². The Morgan fingerprint density at radius 1 is 1.33 bits per heavy atom. The van der Waals surface area contributed by atoms with E-state index in [0.29, 0.717) is 0 Å². The number of hydrogen-bond acceptors (Lipinski definition) is 1. The first-order valence-corrected chi connectivity index (χ1v) is 5.21. The van der Waals surface area contributed by atoms with E-state index < -0.39 is 0 Å². The van der Waals surface area contributed by atoms with Gasteiger partial charge >= 0.3 is 0 Å². The van der Waals surface area contributed by atoms with Crippen LogP contribution in [0.4, 0.5) is 0 Å². The quantitative estimate of drug-likeness (QED) is 0.585. The molecule has 3 aliphatic rings. The molecule has 0 saturated carbocycles. The van der Waals surface area contributed by atoms with E-state index in [0.717, 1.165) is 0 Å². The first-order valence-electron chi connectivity index (χ1n) is 5.21. The fourth-order valence-electron chi connectivity index (χ4n) is 2.65. The van der Waals surface area contributed by atoms with Gasteiger partial charge in [0, 0.05) is 7.05 Å². The van der Waals surface area contributed by atoms with Crippen LogP contribution in [0.1, 0.15) is 24.0 Å². The molecule has 2 heteroatoms. The number of carbonyl (C=O) groups excluding carboxylic acids is 1. The molecule has 0 aromatic heterocycles. The monoisotopic (exact) mass is 199 g/mol. The fraction of sp³-hybridized carbons (Fsp3) is 0.308. The van der Waals surface area contributed by atoms with Gasteiger partial charge in [0.2, 0.25) is 5.91 Å². The van der Waals surface area contributed by atoms with E-state index in [4.69, 9.17) is 0 Å². The summed E-state index contributed by atoms with van der Waals surface area (Å²) >= 11 is 0. The third-order valence-corrected chi connectivity index (χ3v) is 3.75. The fourth-order valence-corrected chi connectivity index (χ4v) is 2.65. The van der Waals surface area contributed by atoms with Gasteiger partial charge in [-0.05, 0) is 18.1 Å². The van der Waals surface area contributed by atoms with E-state index in [2.05, 4.69) is 25.1 Å². The molecule has 76 valence electrons. The number of hydrogen-bond donors (Lipinski definition) is 0. The molecule has 1 aliphatic carbocycles. The summed E-state index contributed by atoms with van der Waals surface area (Å²) in [7, 11) is 1.88. The lowest BCUT2D eigenvalue weighted by Gasteiger charge is -2.48. The first kappa shape index (κ1) is 8.72. The molecular weight excluding hydrogens is 186 g/mol. The number of nitrogens with zero attached hydrogens (tertiary/aromatic N) is 1. The third-order valence-electron chi connectivity index (χ3n) is 3.75. The topological polar surface area (TPSA) is 20.3 Å². The van der Waals surface area contributed by atoms with E-state index in [1.807, 2.05) is 30.2 Å². The van der Waals surface area contributed by atoms with Gasteiger partial charge in [0.25, 0.3) is 0 Å². The van der Waals surface area contributed by atoms with Gasteiger partial charge in [-0.2, -0.15) is 0 Å². The van der Waals surface area contributed by atoms with Crippen LogP contribution in [0.2, 0.25) is 0 Å². The van der Waals surface area contributed by atoms with Crippen LogP contribution in [0.25, 0.3) is 0 Å². The van der Waals surface area contributed by atoms with Crippen LogP contribution in [0.15, 0.2) is 36.4 Å². The van der Waals surface area contributed by atoms with Gasteiger partial charge in [-0.15, -0.1) is 0 Å². The van der Waals surface area contributed by atoms with Crippen LogP contribution in [-0.4, -0.2) is 17.9 Å². The highest BCUT2D eigenvalue weighted by Gasteiger charge is 2.46. The second-order valence-corrected chi connectivity index (χ2v) is 4.47. The summed E-state index contributed by atoms with van der Waals surface area (Å²) in [5.41, 5.74) is 2.19. The number of likely N-dealkylation sites (N-methyl/N-ethyl adjacent to an activating group) is 1. The summed E-state index contributed by atoms with van der Waals surface area (Å²) in [4.78, 5) is 13.9. The minimum atomic E-state index is -0.248. The Labute approximate surface area is 89.2 Å². The molecule has 2 bridgehead atoms. The summed E-state index contributed by atoms with van der Waals surface area (Å²) in [5.74, 6) is 0.145. The highest BCUT2D eigenvalue weighted by molar-refractivity contribution is 5.91. The van der Waals surface area contributed by atoms with Crippen LogP contribution in [-0.2, 0) is 10.3 Å². The van der Waals surface area contributed by atoms with Crippen LogP contribution < -0.4 is 0 Å². The zero-order valence-electron chi connectivity index (χ0n) is 8.90. The molecule has 2 aliphatic heterocycles. The highest BCUT2D eigenvalue weighted by Crippen LogP contribution is 2.45. The van der Waals surface area contributed by atoms with E-state index >= 15 is 0 Å². The van der Waals surface area contributed by atoms with Gasteiger partial charge in [-0.3, -0.25) is 4.79 Å². The zero-order chi connectivity index (χ0) is 10.6. The Morgan fingerprint density at radius 2 is 2.07 bits per heavy atom. The molecule has 2 nitrogen and oxygen atoms in total. The van der Waals surface area contributed by atoms with Gasteiger partial charge in [0.05, 0.1) is 11.5 Å². The van der Waals surface area contributed by atoms with Crippen molar-refractivity contribution in [1.82, 2.24) is 4.90 Å². The van der Waals surface area contributed by atoms with Crippen molar-refractivity contribution in [2.75, 3.05) is 7.05 Å². The molecule has 0 saturated heterocycles. The van der Waals surface area contributed by atoms with E-state index in [9.17, 15) is 4.79 Å². The summed E-state index contributed by atoms with van der Waals surface area (Å²) in [6, 6.07) is 8.22. The Morgan fingerprint density at radius 3 is 2.87 bits per heavy atom. The van der Waals surface area contributed by atoms with Gasteiger partial charge in [0.1, 0.15) is 0 Å².